The first-order valence-electron chi connectivity index (χ1n) is 7.22. The molecule has 0 aliphatic carbocycles. The summed E-state index contributed by atoms with van der Waals surface area (Å²) in [6.07, 6.45) is 0. The number of thioether (sulfide) groups is 2. The minimum Gasteiger partial charge on any atom is -0.355 e. The molecule has 0 bridgehead atoms. The van der Waals surface area contributed by atoms with Gasteiger partial charge in [0.1, 0.15) is 5.82 Å². The van der Waals surface area contributed by atoms with E-state index in [2.05, 4.69) is 5.32 Å². The maximum atomic E-state index is 13.6. The zero-order valence-electron chi connectivity index (χ0n) is 12.7. The molecule has 2 rings (SSSR count). The molecule has 0 aliphatic heterocycles. The Morgan fingerprint density at radius 3 is 2.58 bits per heavy atom. The van der Waals surface area contributed by atoms with E-state index >= 15 is 0 Å². The van der Waals surface area contributed by atoms with Gasteiger partial charge in [-0.2, -0.15) is 11.8 Å². The molecule has 1 N–H and O–H groups in total. The van der Waals surface area contributed by atoms with Gasteiger partial charge in [-0.05, 0) is 36.4 Å². The van der Waals surface area contributed by atoms with E-state index < -0.39 is 0 Å². The largest absolute Gasteiger partial charge is 0.355 e. The molecular formula is C17H16Cl2FNOS2. The summed E-state index contributed by atoms with van der Waals surface area (Å²) in [5, 5.41) is 3.96. The average molecular weight is 404 g/mol. The molecule has 7 heteroatoms. The number of hydrogen-bond donors (Lipinski definition) is 1. The van der Waals surface area contributed by atoms with Crippen molar-refractivity contribution in [1.29, 1.82) is 0 Å². The van der Waals surface area contributed by atoms with Crippen LogP contribution >= 0.6 is 46.7 Å². The Kier molecular flexibility index (Phi) is 8.25. The molecule has 2 aromatic carbocycles. The fourth-order valence-electron chi connectivity index (χ4n) is 1.84. The summed E-state index contributed by atoms with van der Waals surface area (Å²) in [5.74, 6) is 1.21. The molecule has 0 spiro atoms. The molecule has 0 aliphatic rings. The van der Waals surface area contributed by atoms with Crippen molar-refractivity contribution in [3.05, 3.63) is 63.9 Å². The van der Waals surface area contributed by atoms with Crippen LogP contribution < -0.4 is 5.32 Å². The SMILES string of the molecule is O=C(CSc1ccc(Cl)cc1)NCCSCc1c(F)cccc1Cl. The van der Waals surface area contributed by atoms with Crippen LogP contribution in [0.25, 0.3) is 0 Å². The highest BCUT2D eigenvalue weighted by Gasteiger charge is 2.07. The molecule has 24 heavy (non-hydrogen) atoms. The van der Waals surface area contributed by atoms with Crippen molar-refractivity contribution in [1.82, 2.24) is 5.32 Å². The summed E-state index contributed by atoms with van der Waals surface area (Å²) >= 11 is 14.8. The average Bonchev–Trinajstić information content (AvgIpc) is 2.56. The number of nitrogens with one attached hydrogen (secondary N) is 1. The van der Waals surface area contributed by atoms with Crippen LogP contribution in [0.15, 0.2) is 47.4 Å². The van der Waals surface area contributed by atoms with E-state index in [0.29, 0.717) is 39.4 Å². The number of carbonyl (C=O) groups excluding carboxylic acids is 1. The van der Waals surface area contributed by atoms with Gasteiger partial charge in [-0.15, -0.1) is 11.8 Å². The molecule has 0 unspecified atom stereocenters. The fraction of sp³-hybridized carbons (Fsp3) is 0.235. The minimum atomic E-state index is -0.293. The van der Waals surface area contributed by atoms with Crippen molar-refractivity contribution in [3.63, 3.8) is 0 Å². The normalized spacial score (nSPS) is 10.6. The topological polar surface area (TPSA) is 29.1 Å². The second kappa shape index (κ2) is 10.2. The van der Waals surface area contributed by atoms with Crippen molar-refractivity contribution in [3.8, 4) is 0 Å². The Morgan fingerprint density at radius 2 is 1.88 bits per heavy atom. The fourth-order valence-corrected chi connectivity index (χ4v) is 3.89. The van der Waals surface area contributed by atoms with E-state index in [1.165, 1.54) is 29.6 Å². The summed E-state index contributed by atoms with van der Waals surface area (Å²) in [5.41, 5.74) is 0.508. The molecule has 2 nitrogen and oxygen atoms in total. The maximum Gasteiger partial charge on any atom is 0.230 e. The number of amides is 1. The van der Waals surface area contributed by atoms with Crippen molar-refractivity contribution in [2.45, 2.75) is 10.6 Å². The van der Waals surface area contributed by atoms with Crippen molar-refractivity contribution >= 4 is 52.6 Å². The Bertz CT molecular complexity index is 663. The van der Waals surface area contributed by atoms with Gasteiger partial charge >= 0.3 is 0 Å². The van der Waals surface area contributed by atoms with Crippen LogP contribution in [-0.4, -0.2) is 24.0 Å². The quantitative estimate of drug-likeness (QED) is 0.480. The standard InChI is InChI=1S/C17H16Cl2FNOS2/c18-12-4-6-13(7-5-12)24-11-17(22)21-8-9-23-10-14-15(19)2-1-3-16(14)20/h1-7H,8-11H2,(H,21,22). The second-order valence-electron chi connectivity index (χ2n) is 4.85. The lowest BCUT2D eigenvalue weighted by atomic mass is 10.2. The molecule has 1 amide bonds. The van der Waals surface area contributed by atoms with Crippen LogP contribution in [0, 0.1) is 5.82 Å². The molecule has 0 atom stereocenters. The summed E-state index contributed by atoms with van der Waals surface area (Å²) < 4.78 is 13.6. The maximum absolute atomic E-state index is 13.6. The third-order valence-electron chi connectivity index (χ3n) is 3.06. The van der Waals surface area contributed by atoms with E-state index in [-0.39, 0.29) is 11.7 Å². The van der Waals surface area contributed by atoms with Gasteiger partial charge < -0.3 is 5.32 Å². The van der Waals surface area contributed by atoms with E-state index in [1.807, 2.05) is 12.1 Å². The Balaban J connectivity index is 1.62. The van der Waals surface area contributed by atoms with Crippen LogP contribution in [0.4, 0.5) is 4.39 Å². The third kappa shape index (κ3) is 6.55. The number of halogens is 3. The minimum absolute atomic E-state index is 0.0283. The number of hydrogen-bond acceptors (Lipinski definition) is 3. The Labute approximate surface area is 159 Å². The second-order valence-corrected chi connectivity index (χ2v) is 7.84. The first kappa shape index (κ1) is 19.4. The molecule has 0 heterocycles. The molecule has 2 aromatic rings. The molecule has 128 valence electrons. The van der Waals surface area contributed by atoms with Crippen LogP contribution in [-0.2, 0) is 10.5 Å². The van der Waals surface area contributed by atoms with Gasteiger partial charge in [0.25, 0.3) is 0 Å². The van der Waals surface area contributed by atoms with Gasteiger partial charge in [-0.25, -0.2) is 4.39 Å². The molecule has 0 aromatic heterocycles. The van der Waals surface area contributed by atoms with Crippen LogP contribution in [0.3, 0.4) is 0 Å². The first-order chi connectivity index (χ1) is 11.6. The lowest BCUT2D eigenvalue weighted by Gasteiger charge is -2.07. The predicted molar refractivity (Wildman–Crippen MR) is 103 cm³/mol. The van der Waals surface area contributed by atoms with Gasteiger partial charge in [-0.3, -0.25) is 4.79 Å². The lowest BCUT2D eigenvalue weighted by Crippen LogP contribution is -2.27. The summed E-state index contributed by atoms with van der Waals surface area (Å²) in [6, 6.07) is 12.0. The summed E-state index contributed by atoms with van der Waals surface area (Å²) in [6.45, 7) is 0.538. The molecule has 0 saturated heterocycles. The summed E-state index contributed by atoms with van der Waals surface area (Å²) in [7, 11) is 0. The number of carbonyl (C=O) groups is 1. The smallest absolute Gasteiger partial charge is 0.230 e. The Hall–Kier alpha value is -0.880. The van der Waals surface area contributed by atoms with Crippen molar-refractivity contribution in [2.75, 3.05) is 18.1 Å². The van der Waals surface area contributed by atoms with E-state index in [0.717, 1.165) is 4.90 Å². The molecule has 0 fully saturated rings. The lowest BCUT2D eigenvalue weighted by molar-refractivity contribution is -0.118. The van der Waals surface area contributed by atoms with Crippen LogP contribution in [0.2, 0.25) is 10.0 Å². The Morgan fingerprint density at radius 1 is 1.12 bits per heavy atom. The molecule has 0 saturated carbocycles. The van der Waals surface area contributed by atoms with E-state index in [1.54, 1.807) is 24.3 Å². The van der Waals surface area contributed by atoms with Crippen molar-refractivity contribution in [2.24, 2.45) is 0 Å². The van der Waals surface area contributed by atoms with Gasteiger partial charge in [0.15, 0.2) is 0 Å². The zero-order chi connectivity index (χ0) is 17.4. The number of benzene rings is 2. The highest BCUT2D eigenvalue weighted by molar-refractivity contribution is 8.00. The predicted octanol–water partition coefficient (Wildman–Crippen LogP) is 5.27. The highest BCUT2D eigenvalue weighted by Crippen LogP contribution is 2.23. The molecular weight excluding hydrogens is 388 g/mol. The van der Waals surface area contributed by atoms with E-state index in [4.69, 9.17) is 23.2 Å². The van der Waals surface area contributed by atoms with Gasteiger partial charge in [-0.1, -0.05) is 29.3 Å². The third-order valence-corrected chi connectivity index (χ3v) is 5.66. The number of rotatable bonds is 8. The van der Waals surface area contributed by atoms with Gasteiger partial charge in [0.2, 0.25) is 5.91 Å². The van der Waals surface area contributed by atoms with Crippen LogP contribution in [0.5, 0.6) is 0 Å². The van der Waals surface area contributed by atoms with Gasteiger partial charge in [0.05, 0.1) is 5.75 Å². The zero-order valence-corrected chi connectivity index (χ0v) is 15.9. The molecule has 0 radical (unpaired) electrons. The van der Waals surface area contributed by atoms with E-state index in [9.17, 15) is 9.18 Å². The first-order valence-corrected chi connectivity index (χ1v) is 10.1. The van der Waals surface area contributed by atoms with Crippen LogP contribution in [0.1, 0.15) is 5.56 Å². The summed E-state index contributed by atoms with van der Waals surface area (Å²) in [4.78, 5) is 12.8. The monoisotopic (exact) mass is 403 g/mol. The van der Waals surface area contributed by atoms with Gasteiger partial charge in [0, 0.05) is 38.6 Å². The van der Waals surface area contributed by atoms with Crippen molar-refractivity contribution < 1.29 is 9.18 Å². The highest BCUT2D eigenvalue weighted by atomic mass is 35.5.